The quantitative estimate of drug-likeness (QED) is 0.662. The Morgan fingerprint density at radius 1 is 1.15 bits per heavy atom. The molecule has 0 radical (unpaired) electrons. The highest BCUT2D eigenvalue weighted by Crippen LogP contribution is 2.30. The number of ether oxygens (including phenoxy) is 1. The first kappa shape index (κ1) is 18.3. The number of thiazole rings is 1. The third-order valence-electron chi connectivity index (χ3n) is 3.92. The zero-order valence-corrected chi connectivity index (χ0v) is 15.7. The van der Waals surface area contributed by atoms with Crippen molar-refractivity contribution in [3.8, 4) is 5.75 Å². The molecule has 0 atom stereocenters. The van der Waals surface area contributed by atoms with E-state index in [9.17, 15) is 9.18 Å². The molecule has 26 heavy (non-hydrogen) atoms. The summed E-state index contributed by atoms with van der Waals surface area (Å²) in [4.78, 5) is 21.2. The zero-order valence-electron chi connectivity index (χ0n) is 14.9. The summed E-state index contributed by atoms with van der Waals surface area (Å²) >= 11 is 1.31. The van der Waals surface area contributed by atoms with Gasteiger partial charge in [0.1, 0.15) is 11.6 Å². The lowest BCUT2D eigenvalue weighted by atomic mass is 10.2. The van der Waals surface area contributed by atoms with Gasteiger partial charge < -0.3 is 9.64 Å². The van der Waals surface area contributed by atoms with Crippen LogP contribution in [0.25, 0.3) is 10.2 Å². The molecule has 0 N–H and O–H groups in total. The van der Waals surface area contributed by atoms with E-state index < -0.39 is 0 Å². The van der Waals surface area contributed by atoms with Crippen LogP contribution in [0.15, 0.2) is 42.5 Å². The summed E-state index contributed by atoms with van der Waals surface area (Å²) in [6.45, 7) is 1.17. The molecule has 0 fully saturated rings. The number of amides is 1. The van der Waals surface area contributed by atoms with Gasteiger partial charge in [-0.15, -0.1) is 0 Å². The summed E-state index contributed by atoms with van der Waals surface area (Å²) in [5, 5.41) is 0.563. The number of anilines is 1. The molecule has 1 heterocycles. The first-order valence-corrected chi connectivity index (χ1v) is 8.96. The van der Waals surface area contributed by atoms with Crippen LogP contribution >= 0.6 is 11.3 Å². The normalized spacial score (nSPS) is 11.1. The van der Waals surface area contributed by atoms with Crippen LogP contribution in [-0.4, -0.2) is 50.1 Å². The Bertz CT molecular complexity index is 909. The van der Waals surface area contributed by atoms with Crippen LogP contribution in [-0.2, 0) is 0 Å². The van der Waals surface area contributed by atoms with Gasteiger partial charge in [0, 0.05) is 18.7 Å². The van der Waals surface area contributed by atoms with Gasteiger partial charge in [-0.25, -0.2) is 9.37 Å². The topological polar surface area (TPSA) is 45.7 Å². The molecule has 1 aromatic heterocycles. The number of rotatable bonds is 6. The van der Waals surface area contributed by atoms with Gasteiger partial charge in [-0.05, 0) is 56.6 Å². The van der Waals surface area contributed by atoms with Crippen molar-refractivity contribution in [2.45, 2.75) is 0 Å². The third-order valence-corrected chi connectivity index (χ3v) is 4.96. The molecule has 2 aromatic carbocycles. The summed E-state index contributed by atoms with van der Waals surface area (Å²) in [6.07, 6.45) is 0. The molecule has 0 aliphatic carbocycles. The van der Waals surface area contributed by atoms with Gasteiger partial charge in [0.25, 0.3) is 5.91 Å². The zero-order chi connectivity index (χ0) is 18.7. The van der Waals surface area contributed by atoms with Crippen LogP contribution in [0.3, 0.4) is 0 Å². The van der Waals surface area contributed by atoms with Gasteiger partial charge in [0.15, 0.2) is 5.13 Å². The molecule has 0 aliphatic heterocycles. The molecule has 7 heteroatoms. The van der Waals surface area contributed by atoms with Gasteiger partial charge in [0.2, 0.25) is 0 Å². The molecule has 0 aliphatic rings. The number of hydrogen-bond acceptors (Lipinski definition) is 5. The molecular formula is C19H20FN3O2S. The summed E-state index contributed by atoms with van der Waals surface area (Å²) in [5.74, 6) is 0.236. The van der Waals surface area contributed by atoms with Crippen molar-refractivity contribution >= 4 is 32.6 Å². The Labute approximate surface area is 155 Å². The number of nitrogens with zero attached hydrogens (tertiary/aromatic N) is 3. The third kappa shape index (κ3) is 4.00. The Morgan fingerprint density at radius 2 is 1.88 bits per heavy atom. The van der Waals surface area contributed by atoms with E-state index in [0.717, 1.165) is 4.70 Å². The maximum atomic E-state index is 13.5. The van der Waals surface area contributed by atoms with Gasteiger partial charge in [-0.2, -0.15) is 0 Å². The predicted octanol–water partition coefficient (Wildman–Crippen LogP) is 3.65. The van der Waals surface area contributed by atoms with Crippen LogP contribution in [0.1, 0.15) is 10.4 Å². The number of carbonyl (C=O) groups excluding carboxylic acids is 1. The van der Waals surface area contributed by atoms with Gasteiger partial charge in [-0.1, -0.05) is 11.3 Å². The summed E-state index contributed by atoms with van der Waals surface area (Å²) in [5.41, 5.74) is 1.23. The number of aromatic nitrogens is 1. The molecule has 0 bridgehead atoms. The summed E-state index contributed by atoms with van der Waals surface area (Å²) in [6, 6.07) is 11.4. The molecule has 0 saturated heterocycles. The fourth-order valence-electron chi connectivity index (χ4n) is 2.48. The van der Waals surface area contributed by atoms with Crippen molar-refractivity contribution in [2.75, 3.05) is 39.2 Å². The van der Waals surface area contributed by atoms with E-state index in [4.69, 9.17) is 4.74 Å². The van der Waals surface area contributed by atoms with Crippen LogP contribution in [0.4, 0.5) is 9.52 Å². The van der Waals surface area contributed by atoms with Crippen LogP contribution < -0.4 is 9.64 Å². The van der Waals surface area contributed by atoms with Crippen LogP contribution in [0, 0.1) is 5.82 Å². The van der Waals surface area contributed by atoms with E-state index in [1.54, 1.807) is 42.3 Å². The fourth-order valence-corrected chi connectivity index (χ4v) is 3.49. The summed E-state index contributed by atoms with van der Waals surface area (Å²) < 4.78 is 19.3. The molecule has 0 unspecified atom stereocenters. The van der Waals surface area contributed by atoms with Gasteiger partial charge >= 0.3 is 0 Å². The second kappa shape index (κ2) is 7.80. The second-order valence-corrected chi connectivity index (χ2v) is 7.11. The number of halogens is 1. The molecule has 136 valence electrons. The van der Waals surface area contributed by atoms with Crippen molar-refractivity contribution in [1.29, 1.82) is 0 Å². The second-order valence-electron chi connectivity index (χ2n) is 6.10. The molecule has 0 saturated carbocycles. The number of carbonyl (C=O) groups is 1. The maximum Gasteiger partial charge on any atom is 0.260 e. The minimum absolute atomic E-state index is 0.144. The fraction of sp³-hybridized carbons (Fsp3) is 0.263. The van der Waals surface area contributed by atoms with E-state index >= 15 is 0 Å². The maximum absolute atomic E-state index is 13.5. The Hall–Kier alpha value is -2.51. The highest BCUT2D eigenvalue weighted by molar-refractivity contribution is 7.22. The molecule has 1 amide bonds. The van der Waals surface area contributed by atoms with Crippen molar-refractivity contribution in [3.63, 3.8) is 0 Å². The number of likely N-dealkylation sites (N-methyl/N-ethyl adjacent to an activating group) is 1. The Kier molecular flexibility index (Phi) is 5.49. The highest BCUT2D eigenvalue weighted by Gasteiger charge is 2.21. The minimum atomic E-state index is -0.311. The van der Waals surface area contributed by atoms with Crippen LogP contribution in [0.2, 0.25) is 0 Å². The molecule has 3 aromatic rings. The number of benzene rings is 2. The molecular weight excluding hydrogens is 353 g/mol. The van der Waals surface area contributed by atoms with Crippen molar-refractivity contribution in [2.24, 2.45) is 0 Å². The Balaban J connectivity index is 1.95. The summed E-state index contributed by atoms with van der Waals surface area (Å²) in [7, 11) is 5.48. The minimum Gasteiger partial charge on any atom is -0.497 e. The largest absolute Gasteiger partial charge is 0.497 e. The monoisotopic (exact) mass is 373 g/mol. The lowest BCUT2D eigenvalue weighted by Gasteiger charge is -2.22. The standard InChI is InChI=1S/C19H20FN3O2S/c1-22(2)10-11-23(18(24)13-4-7-15(25-3)8-5-13)19-21-16-9-6-14(20)12-17(16)26-19/h4-9,12H,10-11H2,1-3H3. The van der Waals surface area contributed by atoms with E-state index in [0.29, 0.717) is 35.1 Å². The van der Waals surface area contributed by atoms with Gasteiger partial charge in [-0.3, -0.25) is 9.69 Å². The van der Waals surface area contributed by atoms with Gasteiger partial charge in [0.05, 0.1) is 17.3 Å². The first-order valence-electron chi connectivity index (χ1n) is 8.14. The van der Waals surface area contributed by atoms with E-state index in [1.807, 2.05) is 19.0 Å². The average Bonchev–Trinajstić information content (AvgIpc) is 3.04. The predicted molar refractivity (Wildman–Crippen MR) is 103 cm³/mol. The number of hydrogen-bond donors (Lipinski definition) is 0. The lowest BCUT2D eigenvalue weighted by Crippen LogP contribution is -2.36. The number of methoxy groups -OCH3 is 1. The van der Waals surface area contributed by atoms with Crippen molar-refractivity contribution in [3.05, 3.63) is 53.8 Å². The van der Waals surface area contributed by atoms with E-state index in [1.165, 1.54) is 23.5 Å². The number of fused-ring (bicyclic) bond motifs is 1. The van der Waals surface area contributed by atoms with Crippen molar-refractivity contribution < 1.29 is 13.9 Å². The van der Waals surface area contributed by atoms with Crippen molar-refractivity contribution in [1.82, 2.24) is 9.88 Å². The first-order chi connectivity index (χ1) is 12.5. The molecule has 3 rings (SSSR count). The lowest BCUT2D eigenvalue weighted by molar-refractivity contribution is 0.0985. The molecule has 0 spiro atoms. The molecule has 5 nitrogen and oxygen atoms in total. The Morgan fingerprint density at radius 3 is 2.54 bits per heavy atom. The van der Waals surface area contributed by atoms with E-state index in [-0.39, 0.29) is 11.7 Å². The highest BCUT2D eigenvalue weighted by atomic mass is 32.1. The van der Waals surface area contributed by atoms with E-state index in [2.05, 4.69) is 4.98 Å². The SMILES string of the molecule is COc1ccc(C(=O)N(CCN(C)C)c2nc3ccc(F)cc3s2)cc1. The smallest absolute Gasteiger partial charge is 0.260 e. The van der Waals surface area contributed by atoms with Crippen LogP contribution in [0.5, 0.6) is 5.75 Å². The average molecular weight is 373 g/mol.